The first-order chi connectivity index (χ1) is 9.22. The van der Waals surface area contributed by atoms with E-state index in [4.69, 9.17) is 9.11 Å². The Morgan fingerprint density at radius 3 is 2.35 bits per heavy atom. The van der Waals surface area contributed by atoms with E-state index in [2.05, 4.69) is 5.10 Å². The Hall–Kier alpha value is -1.59. The maximum Gasteiger partial charge on any atom is 0.276 e. The minimum Gasteiger partial charge on any atom is -0.338 e. The molecule has 0 aromatic rings. The van der Waals surface area contributed by atoms with Crippen LogP contribution in [0.3, 0.4) is 0 Å². The molecule has 1 heterocycles. The van der Waals surface area contributed by atoms with Crippen LogP contribution < -0.4 is 5.53 Å². The van der Waals surface area contributed by atoms with Crippen molar-refractivity contribution in [3.8, 4) is 0 Å². The molecule has 114 valence electrons. The SMILES string of the molecule is O=[N+]([O-])C1CC(S(=O)O)=NN([N+](=O)[O-])NN(S(=O)O)C1. The van der Waals surface area contributed by atoms with Crippen molar-refractivity contribution in [3.63, 3.8) is 0 Å². The Morgan fingerprint density at radius 1 is 1.35 bits per heavy atom. The third-order valence-electron chi connectivity index (χ3n) is 2.04. The Labute approximate surface area is 115 Å². The van der Waals surface area contributed by atoms with Crippen LogP contribution in [0, 0.1) is 20.2 Å². The number of hydrazine groups is 3. The molecule has 1 rings (SSSR count). The van der Waals surface area contributed by atoms with E-state index >= 15 is 0 Å². The van der Waals surface area contributed by atoms with Crippen LogP contribution in [0.4, 0.5) is 0 Å². The smallest absolute Gasteiger partial charge is 0.276 e. The Bertz CT molecular complexity index is 495. The number of nitro groups is 2. The molecule has 0 spiro atoms. The minimum absolute atomic E-state index is 0.187. The minimum atomic E-state index is -2.80. The number of hydrogen-bond donors (Lipinski definition) is 3. The zero-order chi connectivity index (χ0) is 15.4. The fraction of sp³-hybridized carbons (Fsp3) is 0.750. The first kappa shape index (κ1) is 16.5. The van der Waals surface area contributed by atoms with E-state index in [0.717, 1.165) is 0 Å². The molecule has 1 aliphatic rings. The number of nitrogens with one attached hydrogen (secondary N) is 1. The molecule has 3 N–H and O–H groups in total. The van der Waals surface area contributed by atoms with Crippen LogP contribution in [0.15, 0.2) is 5.10 Å². The standard InChI is InChI=1S/C4H8N6O8S2/c11-8(12)3-1-4(19(15)16)5-9(10(13)14)6-7(2-3)20(17)18/h3,6H,1-2H2,(H,15,16)(H,17,18). The highest BCUT2D eigenvalue weighted by Gasteiger charge is 2.38. The quantitative estimate of drug-likeness (QED) is 0.293. The monoisotopic (exact) mass is 332 g/mol. The highest BCUT2D eigenvalue weighted by Crippen LogP contribution is 2.09. The Morgan fingerprint density at radius 2 is 1.95 bits per heavy atom. The van der Waals surface area contributed by atoms with Crippen LogP contribution in [0.25, 0.3) is 0 Å². The number of rotatable bonds is 3. The molecule has 0 aromatic carbocycles. The molecule has 0 aromatic heterocycles. The van der Waals surface area contributed by atoms with E-state index in [0.29, 0.717) is 0 Å². The zero-order valence-corrected chi connectivity index (χ0v) is 11.0. The lowest BCUT2D eigenvalue weighted by Crippen LogP contribution is -2.55. The highest BCUT2D eigenvalue weighted by atomic mass is 32.2. The first-order valence-electron chi connectivity index (χ1n) is 4.63. The predicted octanol–water partition coefficient (Wildman–Crippen LogP) is -2.08. The van der Waals surface area contributed by atoms with E-state index in [-0.39, 0.29) is 9.64 Å². The molecule has 0 saturated carbocycles. The summed E-state index contributed by atoms with van der Waals surface area (Å²) in [5, 5.41) is 22.4. The summed E-state index contributed by atoms with van der Waals surface area (Å²) in [6.45, 7) is -0.726. The van der Waals surface area contributed by atoms with Crippen LogP contribution in [-0.2, 0) is 22.3 Å². The van der Waals surface area contributed by atoms with E-state index < -0.39 is 56.4 Å². The molecule has 16 heteroatoms. The summed E-state index contributed by atoms with van der Waals surface area (Å²) in [5.41, 5.74) is 1.70. The molecule has 0 radical (unpaired) electrons. The summed E-state index contributed by atoms with van der Waals surface area (Å²) < 4.78 is 39.9. The molecule has 3 unspecified atom stereocenters. The van der Waals surface area contributed by atoms with Gasteiger partial charge in [0.25, 0.3) is 16.3 Å². The predicted molar refractivity (Wildman–Crippen MR) is 63.1 cm³/mol. The van der Waals surface area contributed by atoms with Gasteiger partial charge in [-0.15, -0.1) is 4.41 Å². The van der Waals surface area contributed by atoms with Crippen LogP contribution >= 0.6 is 0 Å². The van der Waals surface area contributed by atoms with Gasteiger partial charge >= 0.3 is 0 Å². The normalized spacial score (nSPS) is 24.2. The molecule has 0 bridgehead atoms. The average Bonchev–Trinajstić information content (AvgIpc) is 2.26. The van der Waals surface area contributed by atoms with Gasteiger partial charge < -0.3 is 10.1 Å². The average molecular weight is 332 g/mol. The van der Waals surface area contributed by atoms with Crippen molar-refractivity contribution in [2.45, 2.75) is 12.5 Å². The van der Waals surface area contributed by atoms with E-state index in [9.17, 15) is 28.6 Å². The van der Waals surface area contributed by atoms with Crippen LogP contribution in [-0.4, -0.2) is 54.8 Å². The molecule has 1 aliphatic heterocycles. The lowest BCUT2D eigenvalue weighted by Gasteiger charge is -2.23. The Kier molecular flexibility index (Phi) is 5.53. The van der Waals surface area contributed by atoms with Gasteiger partial charge in [0, 0.05) is 4.92 Å². The zero-order valence-electron chi connectivity index (χ0n) is 9.39. The summed E-state index contributed by atoms with van der Waals surface area (Å²) in [7, 11) is 0. The second-order valence-corrected chi connectivity index (χ2v) is 5.18. The maximum absolute atomic E-state index is 10.9. The molecule has 0 fully saturated rings. The fourth-order valence-electron chi connectivity index (χ4n) is 1.19. The van der Waals surface area contributed by atoms with Gasteiger partial charge in [-0.05, 0) is 0 Å². The maximum atomic E-state index is 10.9. The van der Waals surface area contributed by atoms with Crippen LogP contribution in [0.2, 0.25) is 0 Å². The molecule has 14 nitrogen and oxygen atoms in total. The van der Waals surface area contributed by atoms with Crippen molar-refractivity contribution in [2.75, 3.05) is 6.54 Å². The molecule has 0 aliphatic carbocycles. The second-order valence-electron chi connectivity index (χ2n) is 3.31. The van der Waals surface area contributed by atoms with Crippen LogP contribution in [0.5, 0.6) is 0 Å². The topological polar surface area (TPSA) is 192 Å². The Balaban J connectivity index is 3.18. The van der Waals surface area contributed by atoms with Gasteiger partial charge in [0.05, 0.1) is 28.3 Å². The van der Waals surface area contributed by atoms with Crippen molar-refractivity contribution in [1.29, 1.82) is 0 Å². The van der Waals surface area contributed by atoms with Gasteiger partial charge in [-0.25, -0.2) is 8.42 Å². The van der Waals surface area contributed by atoms with Gasteiger partial charge in [-0.3, -0.25) is 19.2 Å². The molecule has 0 saturated heterocycles. The van der Waals surface area contributed by atoms with Gasteiger partial charge in [-0.1, -0.05) is 5.53 Å². The van der Waals surface area contributed by atoms with Crippen molar-refractivity contribution < 1.29 is 27.5 Å². The van der Waals surface area contributed by atoms with Gasteiger partial charge in [0.2, 0.25) is 17.1 Å². The van der Waals surface area contributed by atoms with Crippen molar-refractivity contribution >= 4 is 27.4 Å². The summed E-state index contributed by atoms with van der Waals surface area (Å²) in [4.78, 5) is 20.5. The summed E-state index contributed by atoms with van der Waals surface area (Å²) in [6.07, 6.45) is -0.699. The number of hydrogen-bond acceptors (Lipinski definition) is 8. The van der Waals surface area contributed by atoms with Gasteiger partial charge in [-0.2, -0.15) is 0 Å². The number of hydrazone groups is 1. The van der Waals surface area contributed by atoms with Crippen LogP contribution in [0.1, 0.15) is 6.42 Å². The van der Waals surface area contributed by atoms with E-state index in [1.165, 1.54) is 0 Å². The molecular formula is C4H8N6O8S2. The summed E-state index contributed by atoms with van der Waals surface area (Å²) in [5.74, 6) is 0. The third kappa shape index (κ3) is 4.21. The highest BCUT2D eigenvalue weighted by molar-refractivity contribution is 7.95. The summed E-state index contributed by atoms with van der Waals surface area (Å²) in [6, 6.07) is -1.55. The third-order valence-corrected chi connectivity index (χ3v) is 3.30. The lowest BCUT2D eigenvalue weighted by atomic mass is 10.2. The van der Waals surface area contributed by atoms with Crippen molar-refractivity contribution in [2.24, 2.45) is 5.10 Å². The molecule has 0 amide bonds. The summed E-state index contributed by atoms with van der Waals surface area (Å²) >= 11 is -5.57. The van der Waals surface area contributed by atoms with Gasteiger partial charge in [0.15, 0.2) is 0 Å². The van der Waals surface area contributed by atoms with Gasteiger partial charge in [0.1, 0.15) is 0 Å². The molecular weight excluding hydrogens is 324 g/mol. The van der Waals surface area contributed by atoms with E-state index in [1.54, 1.807) is 5.53 Å². The van der Waals surface area contributed by atoms with E-state index in [1.807, 2.05) is 0 Å². The van der Waals surface area contributed by atoms with Crippen molar-refractivity contribution in [3.05, 3.63) is 20.2 Å². The lowest BCUT2D eigenvalue weighted by molar-refractivity contribution is -0.678. The first-order valence-corrected chi connectivity index (χ1v) is 6.80. The fourth-order valence-corrected chi connectivity index (χ4v) is 2.11. The van der Waals surface area contributed by atoms with Crippen molar-refractivity contribution in [1.82, 2.24) is 15.2 Å². The molecule has 20 heavy (non-hydrogen) atoms. The number of nitrogens with zero attached hydrogens (tertiary/aromatic N) is 5. The largest absolute Gasteiger partial charge is 0.338 e. The molecule has 3 atom stereocenters. The second kappa shape index (κ2) is 6.72.